The maximum Gasteiger partial charge on any atom is 0.343 e. The predicted octanol–water partition coefficient (Wildman–Crippen LogP) is 4.23. The number of esters is 1. The third kappa shape index (κ3) is 2.98. The van der Waals surface area contributed by atoms with Crippen molar-refractivity contribution < 1.29 is 19.0 Å². The number of hydrogen-bond acceptors (Lipinski definition) is 4. The fraction of sp³-hybridized carbons (Fsp3) is 0.400. The summed E-state index contributed by atoms with van der Waals surface area (Å²) >= 11 is 3.25. The molecule has 0 amide bonds. The average molecular weight is 438 g/mol. The number of nitrogens with zero attached hydrogens (tertiary/aromatic N) is 1. The summed E-state index contributed by atoms with van der Waals surface area (Å²) in [6.45, 7) is 7.66. The Bertz CT molecular complexity index is 998. The highest BCUT2D eigenvalue weighted by atomic mass is 79.9. The Morgan fingerprint density at radius 3 is 2.70 bits per heavy atom. The van der Waals surface area contributed by atoms with Crippen LogP contribution in [0.3, 0.4) is 0 Å². The smallest absolute Gasteiger partial charge is 0.343 e. The van der Waals surface area contributed by atoms with Gasteiger partial charge in [0.25, 0.3) is 0 Å². The monoisotopic (exact) mass is 437 g/mol. The molecule has 144 valence electrons. The van der Waals surface area contributed by atoms with Crippen molar-refractivity contribution in [2.45, 2.75) is 39.7 Å². The molecular weight excluding hydrogens is 417 g/mol. The van der Waals surface area contributed by atoms with Crippen molar-refractivity contribution in [3.05, 3.63) is 50.0 Å². The number of aromatic hydroxyl groups is 1. The van der Waals surface area contributed by atoms with Crippen LogP contribution in [0, 0.1) is 11.7 Å². The van der Waals surface area contributed by atoms with Gasteiger partial charge in [-0.2, -0.15) is 0 Å². The van der Waals surface area contributed by atoms with E-state index in [0.717, 1.165) is 5.56 Å². The van der Waals surface area contributed by atoms with Crippen molar-refractivity contribution in [2.75, 3.05) is 6.61 Å². The fourth-order valence-electron chi connectivity index (χ4n) is 3.51. The average Bonchev–Trinajstić information content (AvgIpc) is 2.59. The van der Waals surface area contributed by atoms with Crippen molar-refractivity contribution in [3.63, 3.8) is 0 Å². The van der Waals surface area contributed by atoms with E-state index in [1.807, 2.05) is 20.8 Å². The molecule has 0 spiro atoms. The maximum absolute atomic E-state index is 15.2. The molecule has 1 N–H and O–H groups in total. The molecule has 5 nitrogen and oxygen atoms in total. The van der Waals surface area contributed by atoms with Gasteiger partial charge in [0, 0.05) is 17.3 Å². The number of ether oxygens (including phenoxy) is 1. The van der Waals surface area contributed by atoms with Crippen LogP contribution < -0.4 is 5.43 Å². The first-order valence-electron chi connectivity index (χ1n) is 8.76. The summed E-state index contributed by atoms with van der Waals surface area (Å²) < 4.78 is 22.2. The van der Waals surface area contributed by atoms with Crippen molar-refractivity contribution >= 4 is 21.9 Å². The van der Waals surface area contributed by atoms with E-state index in [2.05, 4.69) is 15.9 Å². The molecule has 0 radical (unpaired) electrons. The normalized spacial score (nSPS) is 18.2. The second-order valence-corrected chi connectivity index (χ2v) is 8.13. The third-order valence-electron chi connectivity index (χ3n) is 5.42. The summed E-state index contributed by atoms with van der Waals surface area (Å²) in [7, 11) is 0. The first-order chi connectivity index (χ1) is 12.6. The minimum atomic E-state index is -0.994. The van der Waals surface area contributed by atoms with Crippen LogP contribution in [0.25, 0.3) is 11.3 Å². The topological polar surface area (TPSA) is 68.5 Å². The molecule has 3 rings (SSSR count). The standard InChI is InChI=1S/C20H21BrFNO4/c1-5-27-19(26)13-9-23-17(16(22)18(13)25)12-7-14(21)15(24)6-11(12)8-20(23,4)10(2)3/h6-7,9-10,24H,5,8H2,1-4H3. The number of fused-ring (bicyclic) bond motifs is 3. The lowest BCUT2D eigenvalue weighted by Crippen LogP contribution is -2.43. The Kier molecular flexibility index (Phi) is 4.93. The summed E-state index contributed by atoms with van der Waals surface area (Å²) in [5.74, 6) is -1.71. The number of carbonyl (C=O) groups is 1. The zero-order valence-corrected chi connectivity index (χ0v) is 17.2. The molecule has 0 saturated carbocycles. The van der Waals surface area contributed by atoms with Gasteiger partial charge in [0.1, 0.15) is 11.3 Å². The highest BCUT2D eigenvalue weighted by molar-refractivity contribution is 9.10. The van der Waals surface area contributed by atoms with Crippen molar-refractivity contribution in [3.8, 4) is 17.0 Å². The van der Waals surface area contributed by atoms with Crippen molar-refractivity contribution in [2.24, 2.45) is 5.92 Å². The van der Waals surface area contributed by atoms with Crippen LogP contribution in [-0.2, 0) is 16.7 Å². The van der Waals surface area contributed by atoms with Crippen LogP contribution in [0.4, 0.5) is 4.39 Å². The van der Waals surface area contributed by atoms with Crippen LogP contribution >= 0.6 is 15.9 Å². The Balaban J connectivity index is 2.40. The van der Waals surface area contributed by atoms with Gasteiger partial charge in [-0.1, -0.05) is 13.8 Å². The summed E-state index contributed by atoms with van der Waals surface area (Å²) in [5, 5.41) is 10.1. The van der Waals surface area contributed by atoms with Crippen LogP contribution in [-0.4, -0.2) is 22.2 Å². The van der Waals surface area contributed by atoms with E-state index < -0.39 is 22.8 Å². The Labute approximate surface area is 164 Å². The van der Waals surface area contributed by atoms with E-state index in [1.165, 1.54) is 6.20 Å². The van der Waals surface area contributed by atoms with E-state index in [1.54, 1.807) is 23.6 Å². The quantitative estimate of drug-likeness (QED) is 0.729. The Hall–Kier alpha value is -2.15. The van der Waals surface area contributed by atoms with Gasteiger partial charge in [-0.05, 0) is 59.8 Å². The molecule has 0 bridgehead atoms. The molecule has 1 aromatic heterocycles. The lowest BCUT2D eigenvalue weighted by molar-refractivity contribution is 0.0521. The number of benzene rings is 1. The Morgan fingerprint density at radius 2 is 2.11 bits per heavy atom. The van der Waals surface area contributed by atoms with Gasteiger partial charge in [-0.15, -0.1) is 0 Å². The zero-order chi connectivity index (χ0) is 20.1. The van der Waals surface area contributed by atoms with Crippen molar-refractivity contribution in [1.82, 2.24) is 4.57 Å². The molecule has 1 unspecified atom stereocenters. The van der Waals surface area contributed by atoms with E-state index in [-0.39, 0.29) is 29.5 Å². The first kappa shape index (κ1) is 19.6. The molecular formula is C20H21BrFNO4. The minimum absolute atomic E-state index is 0.0548. The highest BCUT2D eigenvalue weighted by Crippen LogP contribution is 2.45. The van der Waals surface area contributed by atoms with Gasteiger partial charge in [-0.25, -0.2) is 9.18 Å². The molecule has 0 aliphatic carbocycles. The molecule has 1 atom stereocenters. The van der Waals surface area contributed by atoms with Gasteiger partial charge in [0.2, 0.25) is 5.43 Å². The first-order valence-corrected chi connectivity index (χ1v) is 9.55. The van der Waals surface area contributed by atoms with E-state index >= 15 is 4.39 Å². The van der Waals surface area contributed by atoms with Gasteiger partial charge in [0.15, 0.2) is 5.82 Å². The lowest BCUT2D eigenvalue weighted by atomic mass is 9.77. The molecule has 1 aliphatic rings. The van der Waals surface area contributed by atoms with Crippen LogP contribution in [0.1, 0.15) is 43.6 Å². The molecule has 1 aliphatic heterocycles. The summed E-state index contributed by atoms with van der Waals surface area (Å²) in [6, 6.07) is 3.19. The molecule has 2 heterocycles. The number of rotatable bonds is 3. The number of phenolic OH excluding ortho intramolecular Hbond substituents is 1. The molecule has 0 fully saturated rings. The van der Waals surface area contributed by atoms with E-state index in [4.69, 9.17) is 4.74 Å². The predicted molar refractivity (Wildman–Crippen MR) is 104 cm³/mol. The summed E-state index contributed by atoms with van der Waals surface area (Å²) in [5.41, 5.74) is -0.518. The zero-order valence-electron chi connectivity index (χ0n) is 15.6. The summed E-state index contributed by atoms with van der Waals surface area (Å²) in [6.07, 6.45) is 1.92. The maximum atomic E-state index is 15.2. The van der Waals surface area contributed by atoms with Crippen LogP contribution in [0.5, 0.6) is 5.75 Å². The number of hydrogen-bond donors (Lipinski definition) is 1. The van der Waals surface area contributed by atoms with E-state index in [9.17, 15) is 14.7 Å². The molecule has 27 heavy (non-hydrogen) atoms. The van der Waals surface area contributed by atoms with Gasteiger partial charge < -0.3 is 14.4 Å². The molecule has 0 saturated heterocycles. The third-order valence-corrected chi connectivity index (χ3v) is 6.05. The lowest BCUT2D eigenvalue weighted by Gasteiger charge is -2.43. The molecule has 2 aromatic rings. The number of aromatic nitrogens is 1. The number of pyridine rings is 1. The minimum Gasteiger partial charge on any atom is -0.507 e. The van der Waals surface area contributed by atoms with Crippen molar-refractivity contribution in [1.29, 1.82) is 0 Å². The number of phenols is 1. The van der Waals surface area contributed by atoms with Gasteiger partial charge in [-0.3, -0.25) is 4.79 Å². The Morgan fingerprint density at radius 1 is 1.44 bits per heavy atom. The van der Waals surface area contributed by atoms with Crippen LogP contribution in [0.2, 0.25) is 0 Å². The van der Waals surface area contributed by atoms with Gasteiger partial charge >= 0.3 is 5.97 Å². The molecule has 1 aromatic carbocycles. The number of halogens is 2. The molecule has 7 heteroatoms. The SMILES string of the molecule is CCOC(=O)c1cn2c(c(F)c1=O)-c1cc(Br)c(O)cc1CC2(C)C(C)C. The highest BCUT2D eigenvalue weighted by Gasteiger charge is 2.40. The fourth-order valence-corrected chi connectivity index (χ4v) is 3.86. The van der Waals surface area contributed by atoms with Gasteiger partial charge in [0.05, 0.1) is 16.8 Å². The second-order valence-electron chi connectivity index (χ2n) is 7.27. The number of carbonyl (C=O) groups excluding carboxylic acids is 1. The van der Waals surface area contributed by atoms with E-state index in [0.29, 0.717) is 16.5 Å². The summed E-state index contributed by atoms with van der Waals surface area (Å²) in [4.78, 5) is 24.7. The second kappa shape index (κ2) is 6.78. The largest absolute Gasteiger partial charge is 0.507 e. The van der Waals surface area contributed by atoms with Crippen LogP contribution in [0.15, 0.2) is 27.6 Å².